The van der Waals surface area contributed by atoms with E-state index in [9.17, 15) is 0 Å². The van der Waals surface area contributed by atoms with Gasteiger partial charge in [-0.2, -0.15) is 5.10 Å². The Bertz CT molecular complexity index is 420. The SMILES string of the molecule is CC1CC(N)=NN=C1c1ccc(Br)cc1. The Morgan fingerprint density at radius 3 is 2.53 bits per heavy atom. The number of nitrogens with two attached hydrogens (primary N) is 1. The number of nitrogens with zero attached hydrogens (tertiary/aromatic N) is 2. The standard InChI is InChI=1S/C11H12BrN3/c1-7-6-10(13)14-15-11(7)8-2-4-9(12)5-3-8/h2-5,7H,6H2,1H3,(H2,13,14). The van der Waals surface area contributed by atoms with Gasteiger partial charge in [0.1, 0.15) is 5.84 Å². The molecular formula is C11H12BrN3. The molecule has 0 fully saturated rings. The van der Waals surface area contributed by atoms with Gasteiger partial charge in [0, 0.05) is 16.8 Å². The Balaban J connectivity index is 2.35. The first-order valence-electron chi connectivity index (χ1n) is 4.82. The van der Waals surface area contributed by atoms with Crippen molar-refractivity contribution in [3.05, 3.63) is 34.3 Å². The summed E-state index contributed by atoms with van der Waals surface area (Å²) in [6.45, 7) is 2.11. The van der Waals surface area contributed by atoms with Crippen LogP contribution < -0.4 is 5.73 Å². The van der Waals surface area contributed by atoms with Crippen LogP contribution in [0, 0.1) is 5.92 Å². The maximum absolute atomic E-state index is 5.62. The summed E-state index contributed by atoms with van der Waals surface area (Å²) in [6, 6.07) is 8.09. The lowest BCUT2D eigenvalue weighted by molar-refractivity contribution is 0.783. The van der Waals surface area contributed by atoms with E-state index in [-0.39, 0.29) is 0 Å². The lowest BCUT2D eigenvalue weighted by atomic mass is 9.94. The van der Waals surface area contributed by atoms with Gasteiger partial charge in [-0.3, -0.25) is 0 Å². The van der Waals surface area contributed by atoms with Crippen LogP contribution in [0.2, 0.25) is 0 Å². The second-order valence-corrected chi connectivity index (χ2v) is 4.60. The molecule has 0 aromatic heterocycles. The molecule has 1 atom stereocenters. The van der Waals surface area contributed by atoms with Crippen LogP contribution in [0.25, 0.3) is 0 Å². The fourth-order valence-corrected chi connectivity index (χ4v) is 1.90. The van der Waals surface area contributed by atoms with Crippen molar-refractivity contribution in [2.24, 2.45) is 21.9 Å². The first kappa shape index (κ1) is 10.4. The predicted molar refractivity (Wildman–Crippen MR) is 66.1 cm³/mol. The highest BCUT2D eigenvalue weighted by Gasteiger charge is 2.18. The van der Waals surface area contributed by atoms with Gasteiger partial charge < -0.3 is 5.73 Å². The third-order valence-corrected chi connectivity index (χ3v) is 2.94. The summed E-state index contributed by atoms with van der Waals surface area (Å²) in [5.41, 5.74) is 7.75. The minimum absolute atomic E-state index is 0.337. The maximum atomic E-state index is 5.62. The second kappa shape index (κ2) is 4.14. The van der Waals surface area contributed by atoms with Gasteiger partial charge in [0.25, 0.3) is 0 Å². The lowest BCUT2D eigenvalue weighted by Gasteiger charge is -2.17. The van der Waals surface area contributed by atoms with Crippen molar-refractivity contribution in [2.45, 2.75) is 13.3 Å². The van der Waals surface area contributed by atoms with Crippen molar-refractivity contribution in [1.82, 2.24) is 0 Å². The second-order valence-electron chi connectivity index (χ2n) is 3.69. The quantitative estimate of drug-likeness (QED) is 0.834. The zero-order valence-electron chi connectivity index (χ0n) is 8.44. The molecule has 78 valence electrons. The van der Waals surface area contributed by atoms with Gasteiger partial charge in [-0.1, -0.05) is 35.0 Å². The summed E-state index contributed by atoms with van der Waals surface area (Å²) in [6.07, 6.45) is 0.787. The summed E-state index contributed by atoms with van der Waals surface area (Å²) in [5.74, 6) is 0.951. The minimum Gasteiger partial charge on any atom is -0.386 e. The van der Waals surface area contributed by atoms with E-state index in [4.69, 9.17) is 5.73 Å². The average molecular weight is 266 g/mol. The van der Waals surface area contributed by atoms with Crippen molar-refractivity contribution in [3.63, 3.8) is 0 Å². The monoisotopic (exact) mass is 265 g/mol. The number of rotatable bonds is 1. The van der Waals surface area contributed by atoms with Crippen LogP contribution in [-0.4, -0.2) is 11.5 Å². The van der Waals surface area contributed by atoms with Crippen LogP contribution in [0.4, 0.5) is 0 Å². The molecule has 1 heterocycles. The molecule has 0 radical (unpaired) electrons. The highest BCUT2D eigenvalue weighted by atomic mass is 79.9. The van der Waals surface area contributed by atoms with E-state index in [0.29, 0.717) is 11.8 Å². The topological polar surface area (TPSA) is 50.7 Å². The molecule has 0 saturated heterocycles. The van der Waals surface area contributed by atoms with Crippen LogP contribution in [0.3, 0.4) is 0 Å². The van der Waals surface area contributed by atoms with Crippen LogP contribution in [0.5, 0.6) is 0 Å². The van der Waals surface area contributed by atoms with Crippen molar-refractivity contribution >= 4 is 27.5 Å². The van der Waals surface area contributed by atoms with Crippen LogP contribution in [-0.2, 0) is 0 Å². The molecule has 3 nitrogen and oxygen atoms in total. The molecule has 15 heavy (non-hydrogen) atoms. The van der Waals surface area contributed by atoms with Crippen LogP contribution in [0.15, 0.2) is 38.9 Å². The number of amidine groups is 1. The van der Waals surface area contributed by atoms with E-state index >= 15 is 0 Å². The number of hydrogen-bond acceptors (Lipinski definition) is 3. The molecule has 1 unspecified atom stereocenters. The first-order chi connectivity index (χ1) is 7.16. The Hall–Kier alpha value is -1.16. The summed E-state index contributed by atoms with van der Waals surface area (Å²) in [4.78, 5) is 0. The molecule has 1 aromatic rings. The van der Waals surface area contributed by atoms with Gasteiger partial charge in [0.15, 0.2) is 0 Å². The molecule has 0 bridgehead atoms. The third-order valence-electron chi connectivity index (χ3n) is 2.41. The van der Waals surface area contributed by atoms with E-state index < -0.39 is 0 Å². The third kappa shape index (κ3) is 2.26. The Morgan fingerprint density at radius 1 is 1.27 bits per heavy atom. The van der Waals surface area contributed by atoms with E-state index in [1.807, 2.05) is 24.3 Å². The molecule has 0 aliphatic carbocycles. The van der Waals surface area contributed by atoms with Gasteiger partial charge in [-0.25, -0.2) is 0 Å². The Morgan fingerprint density at radius 2 is 1.93 bits per heavy atom. The molecule has 2 N–H and O–H groups in total. The predicted octanol–water partition coefficient (Wildman–Crippen LogP) is 2.55. The number of hydrogen-bond donors (Lipinski definition) is 1. The molecule has 1 aliphatic rings. The summed E-state index contributed by atoms with van der Waals surface area (Å²) >= 11 is 3.41. The average Bonchev–Trinajstić information content (AvgIpc) is 2.20. The first-order valence-corrected chi connectivity index (χ1v) is 5.62. The molecule has 0 saturated carbocycles. The largest absolute Gasteiger partial charge is 0.386 e. The van der Waals surface area contributed by atoms with Crippen molar-refractivity contribution in [2.75, 3.05) is 0 Å². The van der Waals surface area contributed by atoms with E-state index in [0.717, 1.165) is 22.2 Å². The zero-order valence-corrected chi connectivity index (χ0v) is 10.0. The molecular weight excluding hydrogens is 254 g/mol. The molecule has 1 aliphatic heterocycles. The van der Waals surface area contributed by atoms with Gasteiger partial charge in [-0.15, -0.1) is 5.10 Å². The van der Waals surface area contributed by atoms with Gasteiger partial charge in [0.05, 0.1) is 5.71 Å². The summed E-state index contributed by atoms with van der Waals surface area (Å²) in [5, 5.41) is 8.09. The summed E-state index contributed by atoms with van der Waals surface area (Å²) in [7, 11) is 0. The van der Waals surface area contributed by atoms with Gasteiger partial charge >= 0.3 is 0 Å². The maximum Gasteiger partial charge on any atom is 0.123 e. The Kier molecular flexibility index (Phi) is 2.86. The molecule has 2 rings (SSSR count). The van der Waals surface area contributed by atoms with Crippen molar-refractivity contribution in [1.29, 1.82) is 0 Å². The smallest absolute Gasteiger partial charge is 0.123 e. The van der Waals surface area contributed by atoms with E-state index in [1.54, 1.807) is 0 Å². The molecule has 4 heteroatoms. The molecule has 0 spiro atoms. The number of halogens is 1. The van der Waals surface area contributed by atoms with Crippen molar-refractivity contribution < 1.29 is 0 Å². The van der Waals surface area contributed by atoms with E-state index in [2.05, 4.69) is 33.1 Å². The number of benzene rings is 1. The molecule has 0 amide bonds. The lowest BCUT2D eigenvalue weighted by Crippen LogP contribution is -2.25. The molecule has 1 aromatic carbocycles. The van der Waals surface area contributed by atoms with E-state index in [1.165, 1.54) is 0 Å². The Labute approximate surface area is 97.2 Å². The normalized spacial score (nSPS) is 20.8. The fourth-order valence-electron chi connectivity index (χ4n) is 1.63. The zero-order chi connectivity index (χ0) is 10.8. The minimum atomic E-state index is 0.337. The highest BCUT2D eigenvalue weighted by Crippen LogP contribution is 2.19. The van der Waals surface area contributed by atoms with Crippen LogP contribution >= 0.6 is 15.9 Å². The van der Waals surface area contributed by atoms with Crippen LogP contribution in [0.1, 0.15) is 18.9 Å². The fraction of sp³-hybridized carbons (Fsp3) is 0.273. The van der Waals surface area contributed by atoms with Crippen molar-refractivity contribution in [3.8, 4) is 0 Å². The van der Waals surface area contributed by atoms with Gasteiger partial charge in [-0.05, 0) is 17.7 Å². The highest BCUT2D eigenvalue weighted by molar-refractivity contribution is 9.10. The van der Waals surface area contributed by atoms with Gasteiger partial charge in [0.2, 0.25) is 0 Å². The summed E-state index contributed by atoms with van der Waals surface area (Å²) < 4.78 is 1.07.